The van der Waals surface area contributed by atoms with Crippen LogP contribution >= 0.6 is 23.4 Å². The van der Waals surface area contributed by atoms with Crippen LogP contribution in [0.15, 0.2) is 47.6 Å². The molecule has 0 fully saturated rings. The van der Waals surface area contributed by atoms with Crippen LogP contribution in [0.25, 0.3) is 0 Å². The molecular weight excluding hydrogens is 467 g/mol. The summed E-state index contributed by atoms with van der Waals surface area (Å²) in [4.78, 5) is 12.4. The van der Waals surface area contributed by atoms with Gasteiger partial charge in [-0.15, -0.1) is 10.2 Å². The number of carbonyl (C=O) groups is 1. The van der Waals surface area contributed by atoms with Gasteiger partial charge in [0.2, 0.25) is 5.91 Å². The molecule has 3 rings (SSSR count). The molecule has 1 unspecified atom stereocenters. The van der Waals surface area contributed by atoms with Gasteiger partial charge in [0.05, 0.1) is 17.9 Å². The highest BCUT2D eigenvalue weighted by Crippen LogP contribution is 2.28. The number of ether oxygens (including phenoxy) is 2. The van der Waals surface area contributed by atoms with Gasteiger partial charge in [0.25, 0.3) is 0 Å². The summed E-state index contributed by atoms with van der Waals surface area (Å²) in [5.74, 6) is 1.67. The number of thioether (sulfide) groups is 1. The first-order chi connectivity index (χ1) is 15.8. The van der Waals surface area contributed by atoms with Crippen LogP contribution in [-0.2, 0) is 11.3 Å². The third-order valence-electron chi connectivity index (χ3n) is 4.55. The van der Waals surface area contributed by atoms with Crippen LogP contribution in [0.1, 0.15) is 32.7 Å². The van der Waals surface area contributed by atoms with E-state index in [2.05, 4.69) is 29.4 Å². The number of hydrogen-bond donors (Lipinski definition) is 1. The molecule has 1 amide bonds. The number of rotatable bonds is 10. The zero-order valence-electron chi connectivity index (χ0n) is 18.8. The largest absolute Gasteiger partial charge is 0.497 e. The molecule has 0 saturated carbocycles. The maximum atomic E-state index is 13.3. The van der Waals surface area contributed by atoms with Crippen molar-refractivity contribution >= 4 is 35.0 Å². The lowest BCUT2D eigenvalue weighted by atomic mass is 10.2. The van der Waals surface area contributed by atoms with Crippen molar-refractivity contribution in [1.82, 2.24) is 14.8 Å². The molecule has 1 heterocycles. The Labute approximate surface area is 201 Å². The Morgan fingerprint density at radius 1 is 1.18 bits per heavy atom. The minimum absolute atomic E-state index is 0.0493. The number of halogens is 2. The number of methoxy groups -OCH3 is 1. The molecule has 1 aromatic heterocycles. The second-order valence-electron chi connectivity index (χ2n) is 7.75. The van der Waals surface area contributed by atoms with Crippen LogP contribution in [0.4, 0.5) is 10.1 Å². The van der Waals surface area contributed by atoms with Gasteiger partial charge >= 0.3 is 0 Å². The van der Waals surface area contributed by atoms with E-state index in [9.17, 15) is 9.18 Å². The van der Waals surface area contributed by atoms with Crippen LogP contribution in [0.2, 0.25) is 5.02 Å². The number of amides is 1. The van der Waals surface area contributed by atoms with Gasteiger partial charge < -0.3 is 19.4 Å². The van der Waals surface area contributed by atoms with E-state index in [1.807, 2.05) is 29.7 Å². The van der Waals surface area contributed by atoms with Crippen molar-refractivity contribution in [1.29, 1.82) is 0 Å². The second-order valence-corrected chi connectivity index (χ2v) is 9.10. The number of anilines is 1. The quantitative estimate of drug-likeness (QED) is 0.371. The molecule has 2 aromatic carbocycles. The van der Waals surface area contributed by atoms with E-state index in [0.29, 0.717) is 40.6 Å². The average Bonchev–Trinajstić information content (AvgIpc) is 3.17. The Morgan fingerprint density at radius 3 is 2.64 bits per heavy atom. The van der Waals surface area contributed by atoms with E-state index in [1.54, 1.807) is 13.2 Å². The number of carbonyl (C=O) groups excluding carboxylic acids is 1. The van der Waals surface area contributed by atoms with Crippen molar-refractivity contribution in [3.63, 3.8) is 0 Å². The first-order valence-electron chi connectivity index (χ1n) is 10.4. The van der Waals surface area contributed by atoms with E-state index in [1.165, 1.54) is 30.0 Å². The molecule has 3 aromatic rings. The smallest absolute Gasteiger partial charge is 0.234 e. The van der Waals surface area contributed by atoms with Crippen molar-refractivity contribution in [2.75, 3.05) is 18.2 Å². The molecule has 0 aliphatic carbocycles. The third-order valence-corrected chi connectivity index (χ3v) is 5.80. The predicted octanol–water partition coefficient (Wildman–Crippen LogP) is 5.61. The Hall–Kier alpha value is -2.78. The maximum absolute atomic E-state index is 13.3. The standard InChI is InChI=1S/C23H26ClFN4O3S/c1-14(2)12-29-22(15(3)32-18-7-5-6-17(11-18)31-4)27-28-23(29)33-13-21(30)26-16-8-9-20(25)19(24)10-16/h5-11,14-15H,12-13H2,1-4H3,(H,26,30). The van der Waals surface area contributed by atoms with Gasteiger partial charge in [0.1, 0.15) is 17.3 Å². The molecule has 0 aliphatic heterocycles. The van der Waals surface area contributed by atoms with Crippen LogP contribution in [0, 0.1) is 11.7 Å². The van der Waals surface area contributed by atoms with Crippen molar-refractivity contribution < 1.29 is 18.7 Å². The molecule has 0 aliphatic rings. The Morgan fingerprint density at radius 2 is 1.94 bits per heavy atom. The Balaban J connectivity index is 1.70. The molecule has 7 nitrogen and oxygen atoms in total. The zero-order valence-corrected chi connectivity index (χ0v) is 20.4. The molecule has 176 valence electrons. The Kier molecular flexibility index (Phi) is 8.57. The van der Waals surface area contributed by atoms with Crippen LogP contribution in [0.3, 0.4) is 0 Å². The van der Waals surface area contributed by atoms with E-state index < -0.39 is 5.82 Å². The van der Waals surface area contributed by atoms with Gasteiger partial charge in [-0.25, -0.2) is 4.39 Å². The van der Waals surface area contributed by atoms with Gasteiger partial charge in [-0.2, -0.15) is 0 Å². The first kappa shape index (κ1) is 24.9. The minimum atomic E-state index is -0.538. The molecule has 33 heavy (non-hydrogen) atoms. The SMILES string of the molecule is COc1cccc(OC(C)c2nnc(SCC(=O)Nc3ccc(F)c(Cl)c3)n2CC(C)C)c1. The van der Waals surface area contributed by atoms with Gasteiger partial charge in [0.15, 0.2) is 17.1 Å². The second kappa shape index (κ2) is 11.4. The fourth-order valence-electron chi connectivity index (χ4n) is 3.08. The van der Waals surface area contributed by atoms with Gasteiger partial charge in [-0.05, 0) is 43.2 Å². The summed E-state index contributed by atoms with van der Waals surface area (Å²) in [5, 5.41) is 11.9. The molecule has 0 bridgehead atoms. The molecule has 1 atom stereocenters. The monoisotopic (exact) mass is 492 g/mol. The Bertz CT molecular complexity index is 1110. The van der Waals surface area contributed by atoms with Crippen molar-refractivity contribution in [2.24, 2.45) is 5.92 Å². The lowest BCUT2D eigenvalue weighted by molar-refractivity contribution is -0.113. The zero-order chi connectivity index (χ0) is 24.0. The third kappa shape index (κ3) is 6.85. The number of nitrogens with one attached hydrogen (secondary N) is 1. The normalized spacial score (nSPS) is 12.0. The molecule has 0 radical (unpaired) electrons. The lowest BCUT2D eigenvalue weighted by Gasteiger charge is -2.18. The highest BCUT2D eigenvalue weighted by molar-refractivity contribution is 7.99. The summed E-state index contributed by atoms with van der Waals surface area (Å²) in [6, 6.07) is 11.4. The van der Waals surface area contributed by atoms with Crippen LogP contribution < -0.4 is 14.8 Å². The molecular formula is C23H26ClFN4O3S. The minimum Gasteiger partial charge on any atom is -0.497 e. The summed E-state index contributed by atoms with van der Waals surface area (Å²) in [6.45, 7) is 6.76. The van der Waals surface area contributed by atoms with Gasteiger partial charge in [-0.3, -0.25) is 4.79 Å². The summed E-state index contributed by atoms with van der Waals surface area (Å²) < 4.78 is 26.6. The topological polar surface area (TPSA) is 78.3 Å². The summed E-state index contributed by atoms with van der Waals surface area (Å²) in [5.41, 5.74) is 0.427. The van der Waals surface area contributed by atoms with Gasteiger partial charge in [0, 0.05) is 18.3 Å². The van der Waals surface area contributed by atoms with E-state index in [0.717, 1.165) is 0 Å². The van der Waals surface area contributed by atoms with E-state index >= 15 is 0 Å². The lowest BCUT2D eigenvalue weighted by Crippen LogP contribution is -2.17. The van der Waals surface area contributed by atoms with Crippen molar-refractivity contribution in [3.8, 4) is 11.5 Å². The molecule has 1 N–H and O–H groups in total. The van der Waals surface area contributed by atoms with Crippen molar-refractivity contribution in [3.05, 3.63) is 59.1 Å². The van der Waals surface area contributed by atoms with Gasteiger partial charge in [-0.1, -0.05) is 43.3 Å². The average molecular weight is 493 g/mol. The van der Waals surface area contributed by atoms with Crippen molar-refractivity contribution in [2.45, 2.75) is 38.6 Å². The van der Waals surface area contributed by atoms with Crippen LogP contribution in [-0.4, -0.2) is 33.5 Å². The number of nitrogens with zero attached hydrogens (tertiary/aromatic N) is 3. The summed E-state index contributed by atoms with van der Waals surface area (Å²) in [6.07, 6.45) is -0.368. The molecule has 0 saturated heterocycles. The fraction of sp³-hybridized carbons (Fsp3) is 0.348. The number of hydrogen-bond acceptors (Lipinski definition) is 6. The van der Waals surface area contributed by atoms with Crippen LogP contribution in [0.5, 0.6) is 11.5 Å². The summed E-state index contributed by atoms with van der Waals surface area (Å²) in [7, 11) is 1.60. The maximum Gasteiger partial charge on any atom is 0.234 e. The van der Waals surface area contributed by atoms with E-state index in [4.69, 9.17) is 21.1 Å². The highest BCUT2D eigenvalue weighted by Gasteiger charge is 2.21. The first-order valence-corrected chi connectivity index (χ1v) is 11.7. The number of aromatic nitrogens is 3. The molecule has 10 heteroatoms. The highest BCUT2D eigenvalue weighted by atomic mass is 35.5. The van der Waals surface area contributed by atoms with E-state index in [-0.39, 0.29) is 22.8 Å². The number of benzene rings is 2. The predicted molar refractivity (Wildman–Crippen MR) is 128 cm³/mol. The summed E-state index contributed by atoms with van der Waals surface area (Å²) >= 11 is 7.04. The molecule has 0 spiro atoms. The fourth-order valence-corrected chi connectivity index (χ4v) is 4.01.